The maximum atomic E-state index is 14.3. The van der Waals surface area contributed by atoms with Gasteiger partial charge >= 0.3 is 0 Å². The van der Waals surface area contributed by atoms with Crippen LogP contribution < -0.4 is 9.62 Å². The average Bonchev–Trinajstić information content (AvgIpc) is 3.01. The van der Waals surface area contributed by atoms with E-state index in [0.29, 0.717) is 12.1 Å². The van der Waals surface area contributed by atoms with E-state index in [-0.39, 0.29) is 29.3 Å². The number of rotatable bonds is 12. The van der Waals surface area contributed by atoms with Crippen LogP contribution in [0.4, 0.5) is 5.69 Å². The highest BCUT2D eigenvalue weighted by Crippen LogP contribution is 2.27. The third kappa shape index (κ3) is 8.29. The summed E-state index contributed by atoms with van der Waals surface area (Å²) in [6.07, 6.45) is 5.60. The second kappa shape index (κ2) is 14.9. The lowest BCUT2D eigenvalue weighted by Gasteiger charge is -2.34. The molecule has 236 valence electrons. The normalized spacial score (nSPS) is 14.7. The summed E-state index contributed by atoms with van der Waals surface area (Å²) in [5.41, 5.74) is 4.38. The van der Waals surface area contributed by atoms with Gasteiger partial charge in [0, 0.05) is 12.6 Å². The second-order valence-electron chi connectivity index (χ2n) is 12.3. The summed E-state index contributed by atoms with van der Waals surface area (Å²) in [5.74, 6) is -0.347. The zero-order chi connectivity index (χ0) is 31.9. The molecule has 0 aliphatic heterocycles. The molecule has 1 fully saturated rings. The monoisotopic (exact) mass is 617 g/mol. The predicted octanol–water partition coefficient (Wildman–Crippen LogP) is 6.88. The van der Waals surface area contributed by atoms with Crippen LogP contribution in [0.5, 0.6) is 0 Å². The molecule has 0 saturated heterocycles. The van der Waals surface area contributed by atoms with Gasteiger partial charge in [-0.1, -0.05) is 99.7 Å². The molecular weight excluding hydrogens is 570 g/mol. The number of hydrogen-bond acceptors (Lipinski definition) is 4. The molecule has 44 heavy (non-hydrogen) atoms. The summed E-state index contributed by atoms with van der Waals surface area (Å²) in [4.78, 5) is 29.7. The fourth-order valence-electron chi connectivity index (χ4n) is 5.75. The van der Waals surface area contributed by atoms with Gasteiger partial charge in [-0.25, -0.2) is 8.42 Å². The number of carbonyl (C=O) groups excluding carboxylic acids is 2. The van der Waals surface area contributed by atoms with Crippen molar-refractivity contribution in [1.82, 2.24) is 10.2 Å². The lowest BCUT2D eigenvalue weighted by atomic mass is 9.95. The lowest BCUT2D eigenvalue weighted by Crippen LogP contribution is -2.54. The third-order valence-electron chi connectivity index (χ3n) is 8.55. The van der Waals surface area contributed by atoms with Gasteiger partial charge in [0.2, 0.25) is 11.8 Å². The van der Waals surface area contributed by atoms with E-state index < -0.39 is 28.5 Å². The molecule has 8 heteroatoms. The molecule has 3 aromatic rings. The minimum atomic E-state index is -4.10. The Hall–Kier alpha value is -3.65. The molecule has 0 bridgehead atoms. The number of nitrogens with one attached hydrogen (secondary N) is 1. The first-order valence-corrected chi connectivity index (χ1v) is 17.3. The Kier molecular flexibility index (Phi) is 11.2. The summed E-state index contributed by atoms with van der Waals surface area (Å²) >= 11 is 0. The van der Waals surface area contributed by atoms with Crippen molar-refractivity contribution < 1.29 is 18.0 Å². The van der Waals surface area contributed by atoms with Crippen molar-refractivity contribution in [1.29, 1.82) is 0 Å². The molecule has 1 saturated carbocycles. The molecular formula is C36H47N3O4S. The second-order valence-corrected chi connectivity index (χ2v) is 14.2. The Morgan fingerprint density at radius 1 is 0.841 bits per heavy atom. The van der Waals surface area contributed by atoms with Crippen molar-refractivity contribution in [2.75, 3.05) is 10.8 Å². The summed E-state index contributed by atoms with van der Waals surface area (Å²) in [6, 6.07) is 21.2. The molecule has 1 N–H and O–H groups in total. The first kappa shape index (κ1) is 33.2. The first-order valence-electron chi connectivity index (χ1n) is 15.8. The fourth-order valence-corrected chi connectivity index (χ4v) is 7.16. The van der Waals surface area contributed by atoms with Gasteiger partial charge in [0.1, 0.15) is 12.6 Å². The van der Waals surface area contributed by atoms with Crippen LogP contribution in [0.3, 0.4) is 0 Å². The van der Waals surface area contributed by atoms with Crippen LogP contribution in [0.2, 0.25) is 0 Å². The molecule has 0 heterocycles. The van der Waals surface area contributed by atoms with Gasteiger partial charge in [-0.05, 0) is 74.4 Å². The summed E-state index contributed by atoms with van der Waals surface area (Å²) in [6.45, 7) is 9.70. The van der Waals surface area contributed by atoms with Crippen LogP contribution in [0.1, 0.15) is 87.5 Å². The maximum absolute atomic E-state index is 14.3. The molecule has 0 radical (unpaired) electrons. The first-order chi connectivity index (χ1) is 21.0. The number of sulfonamides is 1. The molecule has 1 atom stereocenters. The van der Waals surface area contributed by atoms with E-state index in [1.807, 2.05) is 57.2 Å². The highest BCUT2D eigenvalue weighted by atomic mass is 32.2. The van der Waals surface area contributed by atoms with E-state index >= 15 is 0 Å². The molecule has 0 spiro atoms. The van der Waals surface area contributed by atoms with E-state index in [1.165, 1.54) is 10.7 Å². The maximum Gasteiger partial charge on any atom is 0.264 e. The highest BCUT2D eigenvalue weighted by molar-refractivity contribution is 7.92. The summed E-state index contributed by atoms with van der Waals surface area (Å²) in [5, 5.41) is 3.20. The quantitative estimate of drug-likeness (QED) is 0.240. The minimum absolute atomic E-state index is 0.0968. The predicted molar refractivity (Wildman–Crippen MR) is 177 cm³/mol. The van der Waals surface area contributed by atoms with Gasteiger partial charge in [-0.2, -0.15) is 0 Å². The zero-order valence-corrected chi connectivity index (χ0v) is 27.6. The molecule has 2 amide bonds. The van der Waals surface area contributed by atoms with Crippen molar-refractivity contribution in [2.24, 2.45) is 0 Å². The standard InChI is InChI=1S/C36H47N3O4S/c1-6-34(36(41)37-31-10-8-7-9-11-31)38(24-29-16-12-27(4)13-17-29)35(40)25-39(32-20-18-30(19-21-32)26(2)3)44(42,43)33-22-14-28(5)15-23-33/h12-23,26,31,34H,6-11,24-25H2,1-5H3,(H,37,41). The van der Waals surface area contributed by atoms with Gasteiger partial charge in [0.05, 0.1) is 10.6 Å². The van der Waals surface area contributed by atoms with Gasteiger partial charge < -0.3 is 10.2 Å². The Balaban J connectivity index is 1.71. The van der Waals surface area contributed by atoms with E-state index in [0.717, 1.165) is 47.9 Å². The molecule has 1 aliphatic carbocycles. The molecule has 0 aromatic heterocycles. The van der Waals surface area contributed by atoms with Crippen LogP contribution in [0.25, 0.3) is 0 Å². The van der Waals surface area contributed by atoms with Gasteiger partial charge in [0.15, 0.2) is 0 Å². The van der Waals surface area contributed by atoms with Crippen LogP contribution in [0, 0.1) is 13.8 Å². The number of nitrogens with zero attached hydrogens (tertiary/aromatic N) is 2. The van der Waals surface area contributed by atoms with Crippen LogP contribution in [0.15, 0.2) is 77.7 Å². The molecule has 1 unspecified atom stereocenters. The van der Waals surface area contributed by atoms with E-state index in [4.69, 9.17) is 0 Å². The Bertz CT molecular complexity index is 1490. The van der Waals surface area contributed by atoms with Gasteiger partial charge in [0.25, 0.3) is 10.0 Å². The topological polar surface area (TPSA) is 86.8 Å². The summed E-state index contributed by atoms with van der Waals surface area (Å²) < 4.78 is 29.4. The van der Waals surface area contributed by atoms with Crippen molar-refractivity contribution in [3.63, 3.8) is 0 Å². The minimum Gasteiger partial charge on any atom is -0.352 e. The van der Waals surface area contributed by atoms with Crippen LogP contribution >= 0.6 is 0 Å². The number of anilines is 1. The van der Waals surface area contributed by atoms with E-state index in [9.17, 15) is 18.0 Å². The zero-order valence-electron chi connectivity index (χ0n) is 26.8. The average molecular weight is 618 g/mol. The molecule has 7 nitrogen and oxygen atoms in total. The van der Waals surface area contributed by atoms with Crippen molar-refractivity contribution >= 4 is 27.5 Å². The van der Waals surface area contributed by atoms with E-state index in [1.54, 1.807) is 41.3 Å². The van der Waals surface area contributed by atoms with Gasteiger partial charge in [-0.3, -0.25) is 13.9 Å². The Labute approximate surface area is 263 Å². The number of aryl methyl sites for hydroxylation is 2. The lowest BCUT2D eigenvalue weighted by molar-refractivity contribution is -0.140. The Morgan fingerprint density at radius 3 is 1.95 bits per heavy atom. The number of benzene rings is 3. The number of hydrogen-bond donors (Lipinski definition) is 1. The largest absolute Gasteiger partial charge is 0.352 e. The SMILES string of the molecule is CCC(C(=O)NC1CCCCC1)N(Cc1ccc(C)cc1)C(=O)CN(c1ccc(C(C)C)cc1)S(=O)(=O)c1ccc(C)cc1. The van der Waals surface area contributed by atoms with Crippen molar-refractivity contribution in [3.8, 4) is 0 Å². The van der Waals surface area contributed by atoms with E-state index in [2.05, 4.69) is 19.2 Å². The number of amides is 2. The Morgan fingerprint density at radius 2 is 1.41 bits per heavy atom. The molecule has 4 rings (SSSR count). The van der Waals surface area contributed by atoms with Crippen molar-refractivity contribution in [2.45, 2.75) is 103 Å². The summed E-state index contributed by atoms with van der Waals surface area (Å²) in [7, 11) is -4.10. The highest BCUT2D eigenvalue weighted by Gasteiger charge is 2.34. The molecule has 1 aliphatic rings. The molecule has 3 aromatic carbocycles. The smallest absolute Gasteiger partial charge is 0.264 e. The van der Waals surface area contributed by atoms with Crippen molar-refractivity contribution in [3.05, 3.63) is 95.1 Å². The third-order valence-corrected chi connectivity index (χ3v) is 10.3. The number of carbonyl (C=O) groups is 2. The van der Waals surface area contributed by atoms with Gasteiger partial charge in [-0.15, -0.1) is 0 Å². The van der Waals surface area contributed by atoms with Crippen LogP contribution in [-0.4, -0.2) is 43.8 Å². The fraction of sp³-hybridized carbons (Fsp3) is 0.444. The van der Waals surface area contributed by atoms with Crippen LogP contribution in [-0.2, 0) is 26.2 Å².